The first kappa shape index (κ1) is 14.0. The monoisotopic (exact) mass is 252 g/mol. The first-order chi connectivity index (χ1) is 8.61. The summed E-state index contributed by atoms with van der Waals surface area (Å²) in [6, 6.07) is 7.06. The molecule has 18 heavy (non-hydrogen) atoms. The van der Waals surface area contributed by atoms with Crippen LogP contribution in [-0.4, -0.2) is 19.7 Å². The molecule has 1 aromatic rings. The average molecular weight is 252 g/mol. The summed E-state index contributed by atoms with van der Waals surface area (Å²) in [4.78, 5) is 11.3. The van der Waals surface area contributed by atoms with Gasteiger partial charge in [-0.25, -0.2) is 9.18 Å². The molecule has 0 bridgehead atoms. The first-order valence-corrected chi connectivity index (χ1v) is 5.59. The lowest BCUT2D eigenvalue weighted by atomic mass is 10.2. The highest BCUT2D eigenvalue weighted by molar-refractivity contribution is 5.73. The smallest absolute Gasteiger partial charge is 0.315 e. The van der Waals surface area contributed by atoms with Gasteiger partial charge < -0.3 is 15.4 Å². The molecule has 1 aromatic carbocycles. The third kappa shape index (κ3) is 5.34. The molecule has 0 heterocycles. The predicted octanol–water partition coefficient (Wildman–Crippen LogP) is 2.37. The van der Waals surface area contributed by atoms with Crippen molar-refractivity contribution in [1.82, 2.24) is 10.6 Å². The van der Waals surface area contributed by atoms with Gasteiger partial charge in [-0.3, -0.25) is 0 Å². The summed E-state index contributed by atoms with van der Waals surface area (Å²) in [6.45, 7) is 3.74. The Hall–Kier alpha value is -2.04. The van der Waals surface area contributed by atoms with E-state index in [0.717, 1.165) is 11.3 Å². The summed E-state index contributed by atoms with van der Waals surface area (Å²) in [5.41, 5.74) is 0.930. The minimum Gasteiger partial charge on any atom is -0.497 e. The van der Waals surface area contributed by atoms with E-state index in [1.54, 1.807) is 7.11 Å². The number of carbonyl (C=O) groups is 1. The molecule has 0 aromatic heterocycles. The Labute approximate surface area is 106 Å². The van der Waals surface area contributed by atoms with Gasteiger partial charge in [-0.05, 0) is 17.7 Å². The molecule has 0 atom stereocenters. The Morgan fingerprint density at radius 3 is 2.89 bits per heavy atom. The lowest BCUT2D eigenvalue weighted by molar-refractivity contribution is 0.240. The van der Waals surface area contributed by atoms with E-state index in [1.165, 1.54) is 0 Å². The Kier molecular flexibility index (Phi) is 5.70. The van der Waals surface area contributed by atoms with E-state index in [2.05, 4.69) is 17.2 Å². The van der Waals surface area contributed by atoms with Crippen molar-refractivity contribution in [3.8, 4) is 5.75 Å². The van der Waals surface area contributed by atoms with Crippen molar-refractivity contribution in [3.05, 3.63) is 42.2 Å². The summed E-state index contributed by atoms with van der Waals surface area (Å²) in [7, 11) is 1.59. The summed E-state index contributed by atoms with van der Waals surface area (Å²) in [6.07, 6.45) is 0.132. The second-order valence-electron chi connectivity index (χ2n) is 3.73. The molecule has 98 valence electrons. The van der Waals surface area contributed by atoms with Crippen molar-refractivity contribution in [3.63, 3.8) is 0 Å². The molecule has 0 fully saturated rings. The zero-order chi connectivity index (χ0) is 13.4. The maximum atomic E-state index is 12.3. The van der Waals surface area contributed by atoms with Gasteiger partial charge in [0.2, 0.25) is 0 Å². The van der Waals surface area contributed by atoms with Gasteiger partial charge in [-0.15, -0.1) is 0 Å². The van der Waals surface area contributed by atoms with Crippen molar-refractivity contribution in [1.29, 1.82) is 0 Å². The summed E-state index contributed by atoms with van der Waals surface area (Å²) in [5.74, 6) is 0.298. The van der Waals surface area contributed by atoms with Crippen LogP contribution in [0.15, 0.2) is 36.7 Å². The molecule has 0 saturated heterocycles. The largest absolute Gasteiger partial charge is 0.497 e. The second kappa shape index (κ2) is 7.32. The molecule has 2 N–H and O–H groups in total. The van der Waals surface area contributed by atoms with Crippen LogP contribution in [0.25, 0.3) is 0 Å². The maximum absolute atomic E-state index is 12.3. The van der Waals surface area contributed by atoms with Crippen molar-refractivity contribution >= 4 is 6.03 Å². The molecule has 0 radical (unpaired) electrons. The van der Waals surface area contributed by atoms with Crippen LogP contribution in [0.5, 0.6) is 5.75 Å². The van der Waals surface area contributed by atoms with Crippen molar-refractivity contribution in [2.75, 3.05) is 13.7 Å². The second-order valence-corrected chi connectivity index (χ2v) is 3.73. The molecule has 0 saturated carbocycles. The number of rotatable bonds is 6. The number of benzene rings is 1. The van der Waals surface area contributed by atoms with Gasteiger partial charge in [-0.2, -0.15) is 0 Å². The molecule has 4 nitrogen and oxygen atoms in total. The molecule has 2 amide bonds. The summed E-state index contributed by atoms with van der Waals surface area (Å²) >= 11 is 0. The highest BCUT2D eigenvalue weighted by Gasteiger charge is 2.01. The zero-order valence-electron chi connectivity index (χ0n) is 10.3. The fourth-order valence-electron chi connectivity index (χ4n) is 1.34. The molecule has 0 spiro atoms. The van der Waals surface area contributed by atoms with Crippen LogP contribution in [0.4, 0.5) is 9.18 Å². The van der Waals surface area contributed by atoms with Crippen molar-refractivity contribution < 1.29 is 13.9 Å². The third-order valence-electron chi connectivity index (χ3n) is 2.27. The summed E-state index contributed by atoms with van der Waals surface area (Å²) in [5, 5.41) is 5.20. The standard InChI is InChI=1S/C13H17FN2O2/c1-10(14)6-7-15-13(17)16-9-11-4-3-5-12(8-11)18-2/h3-5,8H,1,6-7,9H2,2H3,(H2,15,16,17). The molecular formula is C13H17FN2O2. The summed E-state index contributed by atoms with van der Waals surface area (Å²) < 4.78 is 17.4. The fraction of sp³-hybridized carbons (Fsp3) is 0.308. The van der Waals surface area contributed by atoms with Crippen molar-refractivity contribution in [2.45, 2.75) is 13.0 Å². The number of ether oxygens (including phenoxy) is 1. The quantitative estimate of drug-likeness (QED) is 0.816. The topological polar surface area (TPSA) is 50.4 Å². The molecule has 0 aliphatic rings. The SMILES string of the molecule is C=C(F)CCNC(=O)NCc1cccc(OC)c1. The van der Waals surface area contributed by atoms with E-state index in [9.17, 15) is 9.18 Å². The van der Waals surface area contributed by atoms with Crippen LogP contribution in [0, 0.1) is 0 Å². The third-order valence-corrected chi connectivity index (χ3v) is 2.27. The Bertz CT molecular complexity index is 421. The van der Waals surface area contributed by atoms with E-state index in [0.29, 0.717) is 6.54 Å². The normalized spacial score (nSPS) is 9.67. The molecular weight excluding hydrogens is 235 g/mol. The first-order valence-electron chi connectivity index (χ1n) is 5.59. The van der Waals surface area contributed by atoms with Crippen molar-refractivity contribution in [2.24, 2.45) is 0 Å². The minimum atomic E-state index is -0.442. The number of urea groups is 1. The van der Waals surface area contributed by atoms with Crippen LogP contribution in [0.2, 0.25) is 0 Å². The zero-order valence-corrected chi connectivity index (χ0v) is 10.3. The van der Waals surface area contributed by atoms with E-state index < -0.39 is 5.83 Å². The number of methoxy groups -OCH3 is 1. The van der Waals surface area contributed by atoms with E-state index in [1.807, 2.05) is 24.3 Å². The lowest BCUT2D eigenvalue weighted by Crippen LogP contribution is -2.35. The predicted molar refractivity (Wildman–Crippen MR) is 68.1 cm³/mol. The van der Waals surface area contributed by atoms with E-state index >= 15 is 0 Å². The average Bonchev–Trinajstić information content (AvgIpc) is 2.36. The van der Waals surface area contributed by atoms with Gasteiger partial charge in [0.15, 0.2) is 0 Å². The van der Waals surface area contributed by atoms with Gasteiger partial charge in [0.1, 0.15) is 5.75 Å². The van der Waals surface area contributed by atoms with Gasteiger partial charge in [-0.1, -0.05) is 18.7 Å². The maximum Gasteiger partial charge on any atom is 0.315 e. The van der Waals surface area contributed by atoms with E-state index in [-0.39, 0.29) is 19.0 Å². The molecule has 1 rings (SSSR count). The van der Waals surface area contributed by atoms with Gasteiger partial charge in [0, 0.05) is 19.5 Å². The van der Waals surface area contributed by atoms with Crippen LogP contribution in [-0.2, 0) is 6.54 Å². The fourth-order valence-corrected chi connectivity index (χ4v) is 1.34. The Morgan fingerprint density at radius 1 is 1.44 bits per heavy atom. The van der Waals surface area contributed by atoms with E-state index in [4.69, 9.17) is 4.74 Å². The highest BCUT2D eigenvalue weighted by Crippen LogP contribution is 2.11. The number of nitrogens with one attached hydrogen (secondary N) is 2. The van der Waals surface area contributed by atoms with Gasteiger partial charge in [0.05, 0.1) is 12.9 Å². The van der Waals surface area contributed by atoms with Crippen LogP contribution in [0.1, 0.15) is 12.0 Å². The molecule has 5 heteroatoms. The number of hydrogen-bond donors (Lipinski definition) is 2. The number of hydrogen-bond acceptors (Lipinski definition) is 2. The number of amides is 2. The minimum absolute atomic E-state index is 0.132. The Morgan fingerprint density at radius 2 is 2.22 bits per heavy atom. The van der Waals surface area contributed by atoms with Gasteiger partial charge in [0.25, 0.3) is 0 Å². The highest BCUT2D eigenvalue weighted by atomic mass is 19.1. The molecule has 0 aliphatic heterocycles. The molecule has 0 unspecified atom stereocenters. The molecule has 0 aliphatic carbocycles. The number of carbonyl (C=O) groups excluding carboxylic acids is 1. The van der Waals surface area contributed by atoms with Crippen LogP contribution >= 0.6 is 0 Å². The van der Waals surface area contributed by atoms with Crippen LogP contribution < -0.4 is 15.4 Å². The van der Waals surface area contributed by atoms with Crippen LogP contribution in [0.3, 0.4) is 0 Å². The Balaban J connectivity index is 2.31. The number of halogens is 1. The lowest BCUT2D eigenvalue weighted by Gasteiger charge is -2.08. The van der Waals surface area contributed by atoms with Gasteiger partial charge >= 0.3 is 6.03 Å².